The summed E-state index contributed by atoms with van der Waals surface area (Å²) in [6.07, 6.45) is 0. The van der Waals surface area contributed by atoms with Crippen molar-refractivity contribution in [3.05, 3.63) is 5.69 Å². The average Bonchev–Trinajstić information content (AvgIpc) is 2.32. The minimum atomic E-state index is 0.244. The van der Waals surface area contributed by atoms with Crippen LogP contribution < -0.4 is 11.5 Å². The zero-order valence-corrected chi connectivity index (χ0v) is 9.28. The van der Waals surface area contributed by atoms with Crippen molar-refractivity contribution in [2.75, 3.05) is 25.6 Å². The Morgan fingerprint density at radius 2 is 1.93 bits per heavy atom. The lowest BCUT2D eigenvalue weighted by atomic mass is 10.3. The molecule has 80 valence electrons. The summed E-state index contributed by atoms with van der Waals surface area (Å²) in [6, 6.07) is 0.244. The number of nitrogens with two attached hydrogens (primary N) is 2. The van der Waals surface area contributed by atoms with Gasteiger partial charge in [0.05, 0.1) is 5.69 Å². The Balaban J connectivity index is 3.02. The van der Waals surface area contributed by atoms with Gasteiger partial charge in [0, 0.05) is 12.6 Å². The van der Waals surface area contributed by atoms with E-state index in [4.69, 9.17) is 11.5 Å². The van der Waals surface area contributed by atoms with E-state index in [0.717, 1.165) is 12.2 Å². The number of aromatic nitrogens is 2. The first kappa shape index (κ1) is 10.8. The molecule has 1 aromatic heterocycles. The van der Waals surface area contributed by atoms with E-state index < -0.39 is 0 Å². The summed E-state index contributed by atoms with van der Waals surface area (Å²) in [6.45, 7) is 4.78. The van der Waals surface area contributed by atoms with Crippen molar-refractivity contribution in [2.45, 2.75) is 26.4 Å². The number of rotatable bonds is 3. The molecule has 0 bridgehead atoms. The van der Waals surface area contributed by atoms with E-state index in [2.05, 4.69) is 5.10 Å². The highest BCUT2D eigenvalue weighted by Crippen LogP contribution is 2.23. The van der Waals surface area contributed by atoms with Crippen molar-refractivity contribution < 1.29 is 0 Å². The van der Waals surface area contributed by atoms with Crippen LogP contribution in [0.2, 0.25) is 0 Å². The summed E-state index contributed by atoms with van der Waals surface area (Å²) in [7, 11) is 3.95. The molecule has 5 heteroatoms. The summed E-state index contributed by atoms with van der Waals surface area (Å²) in [5, 5.41) is 4.37. The molecule has 0 atom stereocenters. The minimum absolute atomic E-state index is 0.244. The Morgan fingerprint density at radius 3 is 2.29 bits per heavy atom. The fourth-order valence-corrected chi connectivity index (χ4v) is 1.32. The molecule has 0 aromatic carbocycles. The second-order valence-electron chi connectivity index (χ2n) is 4.02. The normalized spacial score (nSPS) is 11.6. The molecule has 0 fully saturated rings. The van der Waals surface area contributed by atoms with Crippen molar-refractivity contribution in [3.63, 3.8) is 0 Å². The lowest BCUT2D eigenvalue weighted by Crippen LogP contribution is -2.13. The van der Waals surface area contributed by atoms with Crippen molar-refractivity contribution >= 4 is 11.5 Å². The van der Waals surface area contributed by atoms with Crippen LogP contribution in [0.1, 0.15) is 25.6 Å². The molecular weight excluding hydrogens is 178 g/mol. The van der Waals surface area contributed by atoms with Gasteiger partial charge in [-0.2, -0.15) is 5.10 Å². The topological polar surface area (TPSA) is 73.1 Å². The maximum absolute atomic E-state index is 5.85. The van der Waals surface area contributed by atoms with E-state index in [1.807, 2.05) is 32.8 Å². The van der Waals surface area contributed by atoms with Crippen LogP contribution in [0.5, 0.6) is 0 Å². The van der Waals surface area contributed by atoms with E-state index >= 15 is 0 Å². The van der Waals surface area contributed by atoms with Gasteiger partial charge in [0.2, 0.25) is 0 Å². The molecule has 0 radical (unpaired) electrons. The number of nitrogen functional groups attached to an aromatic ring is 2. The van der Waals surface area contributed by atoms with Crippen LogP contribution in [-0.2, 0) is 6.54 Å². The summed E-state index contributed by atoms with van der Waals surface area (Å²) < 4.78 is 1.76. The summed E-state index contributed by atoms with van der Waals surface area (Å²) in [4.78, 5) is 2.02. The predicted octanol–water partition coefficient (Wildman–Crippen LogP) is 0.690. The van der Waals surface area contributed by atoms with Crippen molar-refractivity contribution in [3.8, 4) is 0 Å². The predicted molar refractivity (Wildman–Crippen MR) is 58.8 cm³/mol. The van der Waals surface area contributed by atoms with Crippen molar-refractivity contribution in [1.82, 2.24) is 14.7 Å². The van der Waals surface area contributed by atoms with Gasteiger partial charge in [0.25, 0.3) is 0 Å². The fourth-order valence-electron chi connectivity index (χ4n) is 1.32. The maximum atomic E-state index is 5.85. The van der Waals surface area contributed by atoms with E-state index in [-0.39, 0.29) is 6.04 Å². The summed E-state index contributed by atoms with van der Waals surface area (Å²) >= 11 is 0. The second kappa shape index (κ2) is 3.88. The Bertz CT molecular complexity index is 313. The molecular formula is C9H19N5. The first-order valence-corrected chi connectivity index (χ1v) is 4.70. The molecule has 0 saturated carbocycles. The minimum Gasteiger partial charge on any atom is -0.394 e. The first-order valence-electron chi connectivity index (χ1n) is 4.70. The number of hydrogen-bond donors (Lipinski definition) is 2. The molecule has 1 rings (SSSR count). The Morgan fingerprint density at radius 1 is 1.36 bits per heavy atom. The zero-order valence-electron chi connectivity index (χ0n) is 9.28. The SMILES string of the molecule is CC(C)n1nc(CN(C)C)c(N)c1N. The van der Waals surface area contributed by atoms with Crippen LogP contribution in [0.3, 0.4) is 0 Å². The molecule has 0 aliphatic carbocycles. The molecule has 4 N–H and O–H groups in total. The van der Waals surface area contributed by atoms with Gasteiger partial charge in [0.15, 0.2) is 0 Å². The maximum Gasteiger partial charge on any atom is 0.145 e. The van der Waals surface area contributed by atoms with Gasteiger partial charge in [0.1, 0.15) is 11.5 Å². The molecule has 0 aliphatic rings. The van der Waals surface area contributed by atoms with E-state index in [9.17, 15) is 0 Å². The molecule has 0 spiro atoms. The van der Waals surface area contributed by atoms with Gasteiger partial charge in [-0.3, -0.25) is 0 Å². The third-order valence-corrected chi connectivity index (χ3v) is 2.02. The van der Waals surface area contributed by atoms with Crippen LogP contribution in [0, 0.1) is 0 Å². The highest BCUT2D eigenvalue weighted by Gasteiger charge is 2.14. The quantitative estimate of drug-likeness (QED) is 0.747. The highest BCUT2D eigenvalue weighted by atomic mass is 15.3. The number of anilines is 2. The lowest BCUT2D eigenvalue weighted by Gasteiger charge is -2.07. The molecule has 1 heterocycles. The van der Waals surface area contributed by atoms with Gasteiger partial charge in [-0.05, 0) is 27.9 Å². The molecule has 0 unspecified atom stereocenters. The Kier molecular flexibility index (Phi) is 3.00. The van der Waals surface area contributed by atoms with Gasteiger partial charge in [-0.15, -0.1) is 0 Å². The van der Waals surface area contributed by atoms with Crippen LogP contribution in [0.15, 0.2) is 0 Å². The zero-order chi connectivity index (χ0) is 10.9. The highest BCUT2D eigenvalue weighted by molar-refractivity contribution is 5.62. The number of hydrogen-bond acceptors (Lipinski definition) is 4. The second-order valence-corrected chi connectivity index (χ2v) is 4.02. The van der Waals surface area contributed by atoms with Gasteiger partial charge in [-0.1, -0.05) is 0 Å². The molecule has 0 amide bonds. The van der Waals surface area contributed by atoms with Crippen molar-refractivity contribution in [2.24, 2.45) is 0 Å². The molecule has 14 heavy (non-hydrogen) atoms. The average molecular weight is 197 g/mol. The van der Waals surface area contributed by atoms with E-state index in [1.54, 1.807) is 4.68 Å². The van der Waals surface area contributed by atoms with Crippen LogP contribution in [-0.4, -0.2) is 28.8 Å². The molecule has 0 aliphatic heterocycles. The Labute approximate surface area is 84.7 Å². The third-order valence-electron chi connectivity index (χ3n) is 2.02. The van der Waals surface area contributed by atoms with E-state index in [0.29, 0.717) is 11.5 Å². The molecule has 5 nitrogen and oxygen atoms in total. The molecule has 1 aromatic rings. The molecule has 0 saturated heterocycles. The van der Waals surface area contributed by atoms with Crippen LogP contribution in [0.25, 0.3) is 0 Å². The summed E-state index contributed by atoms with van der Waals surface area (Å²) in [5.74, 6) is 0.567. The third kappa shape index (κ3) is 1.98. The smallest absolute Gasteiger partial charge is 0.145 e. The first-order chi connectivity index (χ1) is 6.43. The lowest BCUT2D eigenvalue weighted by molar-refractivity contribution is 0.392. The standard InChI is InChI=1S/C9H19N5/c1-6(2)14-9(11)8(10)7(12-14)5-13(3)4/h6H,5,10-11H2,1-4H3. The van der Waals surface area contributed by atoms with Gasteiger partial charge in [-0.25, -0.2) is 4.68 Å². The fraction of sp³-hybridized carbons (Fsp3) is 0.667. The van der Waals surface area contributed by atoms with Crippen LogP contribution >= 0.6 is 0 Å². The number of nitrogens with zero attached hydrogens (tertiary/aromatic N) is 3. The Hall–Kier alpha value is -1.23. The van der Waals surface area contributed by atoms with E-state index in [1.165, 1.54) is 0 Å². The summed E-state index contributed by atoms with van der Waals surface area (Å²) in [5.41, 5.74) is 13.1. The van der Waals surface area contributed by atoms with Gasteiger partial charge >= 0.3 is 0 Å². The van der Waals surface area contributed by atoms with Crippen molar-refractivity contribution in [1.29, 1.82) is 0 Å². The monoisotopic (exact) mass is 197 g/mol. The van der Waals surface area contributed by atoms with Crippen LogP contribution in [0.4, 0.5) is 11.5 Å². The largest absolute Gasteiger partial charge is 0.394 e. The van der Waals surface area contributed by atoms with Gasteiger partial charge < -0.3 is 16.4 Å².